The minimum Gasteiger partial charge on any atom is -0.389 e. The van der Waals surface area contributed by atoms with Crippen LogP contribution in [0.15, 0.2) is 30.3 Å². The fourth-order valence-corrected chi connectivity index (χ4v) is 9.83. The molecule has 0 saturated heterocycles. The molecule has 0 radical (unpaired) electrons. The van der Waals surface area contributed by atoms with E-state index in [1.165, 1.54) is 0 Å². The van der Waals surface area contributed by atoms with Crippen LogP contribution >= 0.6 is 7.14 Å². The van der Waals surface area contributed by atoms with Crippen molar-refractivity contribution >= 4 is 20.5 Å². The molecule has 136 valence electrons. The second kappa shape index (κ2) is 6.74. The van der Waals surface area contributed by atoms with Crippen LogP contribution in [0.1, 0.15) is 27.2 Å². The fourth-order valence-electron chi connectivity index (χ4n) is 4.81. The molecule has 1 saturated carbocycles. The average Bonchev–Trinajstić information content (AvgIpc) is 2.73. The molecule has 1 aliphatic rings. The average molecular weight is 367 g/mol. The number of hydrogen-bond acceptors (Lipinski definition) is 2. The lowest BCUT2D eigenvalue weighted by Gasteiger charge is -2.42. The van der Waals surface area contributed by atoms with Crippen LogP contribution in [0.4, 0.5) is 0 Å². The van der Waals surface area contributed by atoms with Crippen LogP contribution < -0.4 is 5.30 Å². The summed E-state index contributed by atoms with van der Waals surface area (Å²) in [6, 6.07) is 11.0. The van der Waals surface area contributed by atoms with Crippen molar-refractivity contribution in [3.63, 3.8) is 0 Å². The lowest BCUT2D eigenvalue weighted by molar-refractivity contribution is -0.0652. The van der Waals surface area contributed by atoms with Gasteiger partial charge in [-0.25, -0.2) is 0 Å². The van der Waals surface area contributed by atoms with E-state index < -0.39 is 20.8 Å². The summed E-state index contributed by atoms with van der Waals surface area (Å²) in [6.07, 6.45) is 0.868. The van der Waals surface area contributed by atoms with Gasteiger partial charge in [-0.05, 0) is 30.8 Å². The van der Waals surface area contributed by atoms with Gasteiger partial charge in [-0.2, -0.15) is 0 Å². The SMILES string of the molecule is CC(C)[C@@]1(O)[C@H](C[Si](C)(C)C)C(P(C)(=O)c2ccccc2)C[C@@H]1C. The molecule has 0 aliphatic heterocycles. The van der Waals surface area contributed by atoms with Crippen molar-refractivity contribution in [2.24, 2.45) is 17.8 Å². The summed E-state index contributed by atoms with van der Waals surface area (Å²) in [4.78, 5) is 0. The van der Waals surface area contributed by atoms with E-state index in [9.17, 15) is 9.67 Å². The molecule has 1 aliphatic carbocycles. The molecule has 1 aromatic carbocycles. The molecular formula is C20H35O2PSi. The molecule has 4 heteroatoms. The monoisotopic (exact) mass is 366 g/mol. The van der Waals surface area contributed by atoms with E-state index in [1.807, 2.05) is 37.0 Å². The van der Waals surface area contributed by atoms with Crippen LogP contribution in [0.5, 0.6) is 0 Å². The zero-order chi connectivity index (χ0) is 18.3. The Bertz CT molecular complexity index is 608. The lowest BCUT2D eigenvalue weighted by Crippen LogP contribution is -2.48. The minimum absolute atomic E-state index is 0.0917. The smallest absolute Gasteiger partial charge is 0.116 e. The minimum atomic E-state index is -2.53. The standard InChI is InChI=1S/C20H35O2PSi/c1-15(2)20(21)16(3)13-19(18(20)14-24(5,6)7)23(4,22)17-11-9-8-10-12-17/h8-12,15-16,18-19,21H,13-14H2,1-7H3/t16-,18+,19?,20-,23?/m0/s1. The summed E-state index contributed by atoms with van der Waals surface area (Å²) in [7, 11) is -3.92. The van der Waals surface area contributed by atoms with E-state index in [0.717, 1.165) is 17.8 Å². The van der Waals surface area contributed by atoms with Crippen molar-refractivity contribution in [3.8, 4) is 0 Å². The van der Waals surface area contributed by atoms with Gasteiger partial charge in [-0.15, -0.1) is 0 Å². The summed E-state index contributed by atoms with van der Waals surface area (Å²) in [5.41, 5.74) is -0.611. The van der Waals surface area contributed by atoms with Crippen molar-refractivity contribution in [2.75, 3.05) is 6.66 Å². The summed E-state index contributed by atoms with van der Waals surface area (Å²) < 4.78 is 13.9. The third-order valence-corrected chi connectivity index (χ3v) is 10.9. The van der Waals surface area contributed by atoms with Crippen molar-refractivity contribution < 1.29 is 9.67 Å². The Kier molecular flexibility index (Phi) is 5.60. The maximum absolute atomic E-state index is 13.9. The van der Waals surface area contributed by atoms with Gasteiger partial charge in [0.05, 0.1) is 5.60 Å². The number of aliphatic hydroxyl groups is 1. The highest BCUT2D eigenvalue weighted by Gasteiger charge is 2.58. The molecule has 1 N–H and O–H groups in total. The molecule has 1 fully saturated rings. The molecular weight excluding hydrogens is 331 g/mol. The maximum Gasteiger partial charge on any atom is 0.116 e. The topological polar surface area (TPSA) is 37.3 Å². The van der Waals surface area contributed by atoms with Gasteiger partial charge in [0.2, 0.25) is 0 Å². The zero-order valence-electron chi connectivity index (χ0n) is 16.4. The second-order valence-corrected chi connectivity index (χ2v) is 18.1. The molecule has 2 rings (SSSR count). The van der Waals surface area contributed by atoms with Crippen LogP contribution in [-0.4, -0.2) is 31.1 Å². The summed E-state index contributed by atoms with van der Waals surface area (Å²) in [6.45, 7) is 15.4. The first-order chi connectivity index (χ1) is 10.9. The van der Waals surface area contributed by atoms with Crippen LogP contribution in [-0.2, 0) is 4.57 Å². The van der Waals surface area contributed by atoms with E-state index in [4.69, 9.17) is 0 Å². The second-order valence-electron chi connectivity index (χ2n) is 9.44. The highest BCUT2D eigenvalue weighted by Crippen LogP contribution is 2.62. The van der Waals surface area contributed by atoms with Crippen molar-refractivity contribution in [2.45, 2.75) is 64.1 Å². The van der Waals surface area contributed by atoms with Gasteiger partial charge >= 0.3 is 0 Å². The van der Waals surface area contributed by atoms with Crippen molar-refractivity contribution in [3.05, 3.63) is 30.3 Å². The predicted octanol–water partition coefficient (Wildman–Crippen LogP) is 5.05. The number of hydrogen-bond donors (Lipinski definition) is 1. The predicted molar refractivity (Wildman–Crippen MR) is 109 cm³/mol. The van der Waals surface area contributed by atoms with Crippen LogP contribution in [0, 0.1) is 17.8 Å². The number of benzene rings is 1. The van der Waals surface area contributed by atoms with Crippen LogP contribution in [0.25, 0.3) is 0 Å². The Morgan fingerprint density at radius 2 is 1.79 bits per heavy atom. The normalized spacial score (nSPS) is 33.6. The van der Waals surface area contributed by atoms with E-state index in [1.54, 1.807) is 0 Å². The van der Waals surface area contributed by atoms with Gasteiger partial charge in [0, 0.05) is 19.0 Å². The molecule has 0 aromatic heterocycles. The third kappa shape index (κ3) is 3.59. The largest absolute Gasteiger partial charge is 0.389 e. The summed E-state index contributed by atoms with van der Waals surface area (Å²) in [5, 5.41) is 12.6. The van der Waals surface area contributed by atoms with Crippen molar-refractivity contribution in [1.29, 1.82) is 0 Å². The Morgan fingerprint density at radius 3 is 2.25 bits per heavy atom. The van der Waals surface area contributed by atoms with E-state index in [2.05, 4.69) is 40.4 Å². The van der Waals surface area contributed by atoms with Gasteiger partial charge in [-0.1, -0.05) is 76.8 Å². The Balaban J connectivity index is 2.50. The van der Waals surface area contributed by atoms with Crippen LogP contribution in [0.3, 0.4) is 0 Å². The fraction of sp³-hybridized carbons (Fsp3) is 0.700. The van der Waals surface area contributed by atoms with Crippen molar-refractivity contribution in [1.82, 2.24) is 0 Å². The highest BCUT2D eigenvalue weighted by molar-refractivity contribution is 7.71. The van der Waals surface area contributed by atoms with E-state index >= 15 is 0 Å². The van der Waals surface area contributed by atoms with Gasteiger partial charge in [0.25, 0.3) is 0 Å². The third-order valence-electron chi connectivity index (χ3n) is 6.10. The molecule has 0 heterocycles. The summed E-state index contributed by atoms with van der Waals surface area (Å²) >= 11 is 0. The van der Waals surface area contributed by atoms with Gasteiger partial charge in [-0.3, -0.25) is 0 Å². The Labute approximate surface area is 149 Å². The maximum atomic E-state index is 13.9. The molecule has 1 aromatic rings. The molecule has 0 spiro atoms. The first-order valence-electron chi connectivity index (χ1n) is 9.26. The lowest BCUT2D eigenvalue weighted by atomic mass is 9.77. The molecule has 0 bridgehead atoms. The molecule has 2 nitrogen and oxygen atoms in total. The molecule has 2 unspecified atom stereocenters. The summed E-state index contributed by atoms with van der Waals surface area (Å²) in [5.74, 6) is 0.519. The molecule has 5 atom stereocenters. The zero-order valence-corrected chi connectivity index (χ0v) is 18.3. The number of rotatable bonds is 5. The van der Waals surface area contributed by atoms with E-state index in [0.29, 0.717) is 0 Å². The molecule has 0 amide bonds. The van der Waals surface area contributed by atoms with Crippen LogP contribution in [0.2, 0.25) is 25.7 Å². The highest BCUT2D eigenvalue weighted by atomic mass is 31.2. The van der Waals surface area contributed by atoms with Gasteiger partial charge in [0.1, 0.15) is 7.14 Å². The van der Waals surface area contributed by atoms with Gasteiger partial charge in [0.15, 0.2) is 0 Å². The Morgan fingerprint density at radius 1 is 1.25 bits per heavy atom. The first-order valence-corrected chi connectivity index (χ1v) is 15.2. The molecule has 24 heavy (non-hydrogen) atoms. The first kappa shape index (κ1) is 19.9. The Hall–Kier alpha value is -0.373. The van der Waals surface area contributed by atoms with Gasteiger partial charge < -0.3 is 9.67 Å². The quantitative estimate of drug-likeness (QED) is 0.584. The van der Waals surface area contributed by atoms with E-state index in [-0.39, 0.29) is 23.4 Å².